The summed E-state index contributed by atoms with van der Waals surface area (Å²) >= 11 is 11.8. The van der Waals surface area contributed by atoms with Crippen LogP contribution in [-0.4, -0.2) is 15.9 Å². The Balaban J connectivity index is 1.58. The van der Waals surface area contributed by atoms with Crippen LogP contribution in [0.5, 0.6) is 0 Å². The summed E-state index contributed by atoms with van der Waals surface area (Å²) in [7, 11) is 0. The van der Waals surface area contributed by atoms with Gasteiger partial charge in [0.15, 0.2) is 0 Å². The molecule has 19 heavy (non-hydrogen) atoms. The van der Waals surface area contributed by atoms with E-state index in [1.54, 1.807) is 0 Å². The van der Waals surface area contributed by atoms with Crippen LogP contribution in [-0.2, 0) is 11.2 Å². The number of hydrogen-bond donors (Lipinski definition) is 1. The highest BCUT2D eigenvalue weighted by Gasteiger charge is 2.62. The number of primary amides is 1. The molecule has 0 spiro atoms. The second-order valence-corrected chi connectivity index (χ2v) is 6.34. The zero-order valence-electron chi connectivity index (χ0n) is 10.4. The molecule has 0 saturated heterocycles. The number of halogens is 2. The summed E-state index contributed by atoms with van der Waals surface area (Å²) in [5.74, 6) is 0.920. The van der Waals surface area contributed by atoms with Crippen LogP contribution in [0.3, 0.4) is 0 Å². The molecule has 1 heterocycles. The number of amides is 1. The summed E-state index contributed by atoms with van der Waals surface area (Å²) in [5.41, 5.74) is 6.09. The van der Waals surface area contributed by atoms with Crippen molar-refractivity contribution >= 4 is 29.1 Å². The van der Waals surface area contributed by atoms with Crippen molar-refractivity contribution < 1.29 is 4.79 Å². The van der Waals surface area contributed by atoms with Crippen LogP contribution in [0.2, 0.25) is 10.3 Å². The molecule has 2 fully saturated rings. The maximum absolute atomic E-state index is 11.4. The van der Waals surface area contributed by atoms with E-state index < -0.39 is 0 Å². The molecule has 0 aliphatic heterocycles. The van der Waals surface area contributed by atoms with Gasteiger partial charge in [-0.25, -0.2) is 9.97 Å². The Kier molecular flexibility index (Phi) is 3.18. The number of carbonyl (C=O) groups is 1. The summed E-state index contributed by atoms with van der Waals surface area (Å²) < 4.78 is 0. The molecule has 0 bridgehead atoms. The van der Waals surface area contributed by atoms with Gasteiger partial charge in [-0.05, 0) is 55.5 Å². The highest BCUT2D eigenvalue weighted by molar-refractivity contribution is 6.31. The first-order valence-electron chi connectivity index (χ1n) is 6.50. The van der Waals surface area contributed by atoms with Crippen molar-refractivity contribution in [2.45, 2.75) is 32.1 Å². The molecule has 2 saturated carbocycles. The first kappa shape index (κ1) is 13.1. The zero-order valence-corrected chi connectivity index (χ0v) is 11.9. The lowest BCUT2D eigenvalue weighted by Crippen LogP contribution is -2.27. The fraction of sp³-hybridized carbons (Fsp3) is 0.615. The fourth-order valence-electron chi connectivity index (χ4n) is 3.05. The van der Waals surface area contributed by atoms with Crippen LogP contribution in [0.4, 0.5) is 0 Å². The lowest BCUT2D eigenvalue weighted by atomic mass is 9.96. The van der Waals surface area contributed by atoms with Crippen LogP contribution in [0.25, 0.3) is 0 Å². The van der Waals surface area contributed by atoms with Gasteiger partial charge in [0.2, 0.25) is 11.2 Å². The SMILES string of the molecule is NC(=O)C1(C2CC2CCc2nc(Cl)ncc2Cl)CC1. The van der Waals surface area contributed by atoms with Gasteiger partial charge in [0.05, 0.1) is 22.3 Å². The maximum Gasteiger partial charge on any atom is 0.223 e. The Morgan fingerprint density at radius 3 is 2.84 bits per heavy atom. The predicted molar refractivity (Wildman–Crippen MR) is 72.8 cm³/mol. The third-order valence-corrected chi connectivity index (χ3v) is 4.95. The monoisotopic (exact) mass is 299 g/mol. The molecule has 0 aromatic carbocycles. The third kappa shape index (κ3) is 2.43. The molecule has 2 aliphatic rings. The Labute approximate surface area is 121 Å². The Hall–Kier alpha value is -0.870. The second-order valence-electron chi connectivity index (χ2n) is 5.60. The largest absolute Gasteiger partial charge is 0.369 e. The van der Waals surface area contributed by atoms with Gasteiger partial charge in [-0.2, -0.15) is 0 Å². The normalized spacial score (nSPS) is 27.1. The minimum Gasteiger partial charge on any atom is -0.369 e. The van der Waals surface area contributed by atoms with E-state index in [4.69, 9.17) is 28.9 Å². The van der Waals surface area contributed by atoms with E-state index >= 15 is 0 Å². The minimum atomic E-state index is -0.183. The highest BCUT2D eigenvalue weighted by atomic mass is 35.5. The van der Waals surface area contributed by atoms with Crippen LogP contribution >= 0.6 is 23.2 Å². The van der Waals surface area contributed by atoms with E-state index in [0.717, 1.165) is 37.8 Å². The molecule has 4 nitrogen and oxygen atoms in total. The van der Waals surface area contributed by atoms with Crippen molar-refractivity contribution in [1.82, 2.24) is 9.97 Å². The molecule has 2 aliphatic carbocycles. The molecule has 1 amide bonds. The summed E-state index contributed by atoms with van der Waals surface area (Å²) in [6.07, 6.45) is 6.30. The van der Waals surface area contributed by atoms with Gasteiger partial charge in [0.1, 0.15) is 0 Å². The van der Waals surface area contributed by atoms with E-state index in [9.17, 15) is 4.79 Å². The third-order valence-electron chi connectivity index (χ3n) is 4.45. The summed E-state index contributed by atoms with van der Waals surface area (Å²) in [4.78, 5) is 19.4. The Morgan fingerprint density at radius 1 is 1.47 bits per heavy atom. The van der Waals surface area contributed by atoms with Gasteiger partial charge >= 0.3 is 0 Å². The first-order valence-corrected chi connectivity index (χ1v) is 7.25. The Morgan fingerprint density at radius 2 is 2.21 bits per heavy atom. The van der Waals surface area contributed by atoms with Gasteiger partial charge in [-0.1, -0.05) is 11.6 Å². The van der Waals surface area contributed by atoms with Crippen molar-refractivity contribution in [3.05, 3.63) is 22.2 Å². The number of aryl methyl sites for hydroxylation is 1. The topological polar surface area (TPSA) is 68.9 Å². The van der Waals surface area contributed by atoms with Crippen molar-refractivity contribution in [2.75, 3.05) is 0 Å². The van der Waals surface area contributed by atoms with Crippen LogP contribution in [0, 0.1) is 17.3 Å². The second kappa shape index (κ2) is 4.60. The van der Waals surface area contributed by atoms with Gasteiger partial charge < -0.3 is 5.73 Å². The molecule has 2 unspecified atom stereocenters. The number of nitrogens with zero attached hydrogens (tertiary/aromatic N) is 2. The van der Waals surface area contributed by atoms with Gasteiger partial charge in [0, 0.05) is 0 Å². The fourth-order valence-corrected chi connectivity index (χ4v) is 3.39. The van der Waals surface area contributed by atoms with Crippen LogP contribution in [0.1, 0.15) is 31.4 Å². The van der Waals surface area contributed by atoms with E-state index in [2.05, 4.69) is 9.97 Å². The number of carbonyl (C=O) groups excluding carboxylic acids is 1. The molecule has 0 radical (unpaired) electrons. The molecular formula is C13H15Cl2N3O. The number of rotatable bonds is 5. The number of aromatic nitrogens is 2. The smallest absolute Gasteiger partial charge is 0.223 e. The molecule has 2 atom stereocenters. The molecule has 102 valence electrons. The molecule has 1 aromatic rings. The van der Waals surface area contributed by atoms with Gasteiger partial charge in [0.25, 0.3) is 0 Å². The maximum atomic E-state index is 11.4. The average molecular weight is 300 g/mol. The molecule has 6 heteroatoms. The first-order chi connectivity index (χ1) is 9.03. The van der Waals surface area contributed by atoms with Crippen LogP contribution in [0.15, 0.2) is 6.20 Å². The number of hydrogen-bond acceptors (Lipinski definition) is 3. The van der Waals surface area contributed by atoms with Crippen molar-refractivity contribution in [3.63, 3.8) is 0 Å². The zero-order chi connectivity index (χ0) is 13.6. The summed E-state index contributed by atoms with van der Waals surface area (Å²) in [6.45, 7) is 0. The molecular weight excluding hydrogens is 285 g/mol. The Bertz CT molecular complexity index is 531. The standard InChI is InChI=1S/C13H15Cl2N3O/c14-9-6-17-12(15)18-10(9)2-1-7-5-8(7)13(3-4-13)11(16)19/h6-8H,1-5H2,(H2,16,19). The van der Waals surface area contributed by atoms with Gasteiger partial charge in [-0.3, -0.25) is 4.79 Å². The van der Waals surface area contributed by atoms with Crippen molar-refractivity contribution in [1.29, 1.82) is 0 Å². The lowest BCUT2D eigenvalue weighted by molar-refractivity contribution is -0.123. The van der Waals surface area contributed by atoms with Crippen LogP contribution < -0.4 is 5.73 Å². The highest BCUT2D eigenvalue weighted by Crippen LogP contribution is 2.65. The van der Waals surface area contributed by atoms with Crippen molar-refractivity contribution in [3.8, 4) is 0 Å². The van der Waals surface area contributed by atoms with Crippen molar-refractivity contribution in [2.24, 2.45) is 23.0 Å². The summed E-state index contributed by atoms with van der Waals surface area (Å²) in [5, 5.41) is 0.778. The minimum absolute atomic E-state index is 0.122. The van der Waals surface area contributed by atoms with E-state index in [1.807, 2.05) is 0 Å². The quantitative estimate of drug-likeness (QED) is 0.850. The van der Waals surface area contributed by atoms with E-state index in [1.165, 1.54) is 6.20 Å². The number of nitrogens with two attached hydrogens (primary N) is 1. The molecule has 2 N–H and O–H groups in total. The average Bonchev–Trinajstić information content (AvgIpc) is 3.23. The molecule has 1 aromatic heterocycles. The van der Waals surface area contributed by atoms with E-state index in [0.29, 0.717) is 16.9 Å². The summed E-state index contributed by atoms with van der Waals surface area (Å²) in [6, 6.07) is 0. The predicted octanol–water partition coefficient (Wildman–Crippen LogP) is 2.62. The van der Waals surface area contributed by atoms with E-state index in [-0.39, 0.29) is 16.6 Å². The van der Waals surface area contributed by atoms with Gasteiger partial charge in [-0.15, -0.1) is 0 Å². The molecule has 3 rings (SSSR count). The lowest BCUT2D eigenvalue weighted by Gasteiger charge is -2.10.